The van der Waals surface area contributed by atoms with Crippen molar-refractivity contribution in [3.8, 4) is 0 Å². The monoisotopic (exact) mass is 243 g/mol. The van der Waals surface area contributed by atoms with Crippen LogP contribution in [0.5, 0.6) is 0 Å². The van der Waals surface area contributed by atoms with Crippen molar-refractivity contribution >= 4 is 0 Å². The average Bonchev–Trinajstić information content (AvgIpc) is 2.26. The SMILES string of the molecule is O=c1[nH]c(=O)n(C[N+]2([O-])CCCCC2)cc1F. The van der Waals surface area contributed by atoms with Gasteiger partial charge in [-0.2, -0.15) is 4.39 Å². The van der Waals surface area contributed by atoms with Crippen molar-refractivity contribution in [3.63, 3.8) is 0 Å². The summed E-state index contributed by atoms with van der Waals surface area (Å²) in [6.45, 7) is 0.701. The smallest absolute Gasteiger partial charge is 0.332 e. The molecule has 6 nitrogen and oxygen atoms in total. The van der Waals surface area contributed by atoms with Crippen LogP contribution in [-0.4, -0.2) is 27.3 Å². The van der Waals surface area contributed by atoms with E-state index in [9.17, 15) is 19.2 Å². The highest BCUT2D eigenvalue weighted by Crippen LogP contribution is 2.17. The number of aromatic amines is 1. The number of nitrogens with zero attached hydrogens (tertiary/aromatic N) is 2. The van der Waals surface area contributed by atoms with Crippen molar-refractivity contribution in [1.29, 1.82) is 0 Å². The largest absolute Gasteiger partial charge is 0.631 e. The van der Waals surface area contributed by atoms with Gasteiger partial charge in [-0.3, -0.25) is 9.78 Å². The summed E-state index contributed by atoms with van der Waals surface area (Å²) in [6.07, 6.45) is 3.43. The molecule has 0 aliphatic carbocycles. The van der Waals surface area contributed by atoms with Crippen molar-refractivity contribution in [2.75, 3.05) is 13.1 Å². The molecule has 7 heteroatoms. The molecule has 0 bridgehead atoms. The molecule has 2 rings (SSSR count). The standard InChI is InChI=1S/C10H14FN3O3/c11-8-6-13(10(16)12-9(8)15)7-14(17)4-2-1-3-5-14/h6H,1-5,7H2,(H,12,15,16). The fourth-order valence-electron chi connectivity index (χ4n) is 2.10. The first-order chi connectivity index (χ1) is 8.00. The number of rotatable bonds is 2. The van der Waals surface area contributed by atoms with Crippen molar-refractivity contribution < 1.29 is 9.04 Å². The Bertz CT molecular complexity index is 516. The number of likely N-dealkylation sites (tertiary alicyclic amines) is 1. The highest BCUT2D eigenvalue weighted by molar-refractivity contribution is 4.86. The lowest BCUT2D eigenvalue weighted by atomic mass is 10.1. The van der Waals surface area contributed by atoms with E-state index in [0.29, 0.717) is 13.1 Å². The van der Waals surface area contributed by atoms with Gasteiger partial charge in [0.15, 0.2) is 6.67 Å². The molecule has 0 aromatic carbocycles. The van der Waals surface area contributed by atoms with Crippen molar-refractivity contribution in [1.82, 2.24) is 9.55 Å². The molecule has 1 saturated heterocycles. The van der Waals surface area contributed by atoms with Crippen LogP contribution < -0.4 is 11.2 Å². The third kappa shape index (κ3) is 2.62. The Morgan fingerprint density at radius 3 is 2.65 bits per heavy atom. The lowest BCUT2D eigenvalue weighted by molar-refractivity contribution is -0.907. The van der Waals surface area contributed by atoms with E-state index in [4.69, 9.17) is 0 Å². The highest BCUT2D eigenvalue weighted by Gasteiger charge is 2.22. The molecule has 0 unspecified atom stereocenters. The zero-order chi connectivity index (χ0) is 12.5. The number of piperidine rings is 1. The first kappa shape index (κ1) is 12.0. The second kappa shape index (κ2) is 4.42. The summed E-state index contributed by atoms with van der Waals surface area (Å²) in [5.74, 6) is -1.05. The van der Waals surface area contributed by atoms with E-state index >= 15 is 0 Å². The van der Waals surface area contributed by atoms with E-state index in [2.05, 4.69) is 0 Å². The number of hydrogen-bond donors (Lipinski definition) is 1. The van der Waals surface area contributed by atoms with Gasteiger partial charge in [-0.1, -0.05) is 0 Å². The zero-order valence-corrected chi connectivity index (χ0v) is 9.32. The third-order valence-corrected chi connectivity index (χ3v) is 3.01. The van der Waals surface area contributed by atoms with Crippen molar-refractivity contribution in [3.05, 3.63) is 38.1 Å². The van der Waals surface area contributed by atoms with Crippen LogP contribution in [0.1, 0.15) is 19.3 Å². The second-order valence-electron chi connectivity index (χ2n) is 4.41. The van der Waals surface area contributed by atoms with Crippen molar-refractivity contribution in [2.45, 2.75) is 25.9 Å². The van der Waals surface area contributed by atoms with Gasteiger partial charge in [0.1, 0.15) is 0 Å². The molecular formula is C10H14FN3O3. The third-order valence-electron chi connectivity index (χ3n) is 3.01. The Kier molecular flexibility index (Phi) is 3.12. The summed E-state index contributed by atoms with van der Waals surface area (Å²) in [4.78, 5) is 24.1. The molecule has 1 fully saturated rings. The minimum absolute atomic E-state index is 0.146. The number of H-pyrrole nitrogens is 1. The summed E-state index contributed by atoms with van der Waals surface area (Å²) < 4.78 is 13.4. The predicted octanol–water partition coefficient (Wildman–Crippen LogP) is 0.132. The molecule has 0 amide bonds. The van der Waals surface area contributed by atoms with Gasteiger partial charge in [0.25, 0.3) is 5.56 Å². The molecule has 0 saturated carbocycles. The summed E-state index contributed by atoms with van der Waals surface area (Å²) >= 11 is 0. The van der Waals surface area contributed by atoms with E-state index in [0.717, 1.165) is 30.0 Å². The van der Waals surface area contributed by atoms with Gasteiger partial charge >= 0.3 is 5.69 Å². The van der Waals surface area contributed by atoms with Crippen LogP contribution in [0.3, 0.4) is 0 Å². The van der Waals surface area contributed by atoms with Gasteiger partial charge in [-0.05, 0) is 19.3 Å². The molecule has 1 aromatic rings. The topological polar surface area (TPSA) is 77.9 Å². The van der Waals surface area contributed by atoms with Gasteiger partial charge < -0.3 is 9.85 Å². The van der Waals surface area contributed by atoms with Crippen LogP contribution in [0.4, 0.5) is 4.39 Å². The summed E-state index contributed by atoms with van der Waals surface area (Å²) in [5, 5.41) is 12.2. The second-order valence-corrected chi connectivity index (χ2v) is 4.41. The minimum atomic E-state index is -1.05. The van der Waals surface area contributed by atoms with Crippen LogP contribution in [0.15, 0.2) is 15.8 Å². The number of halogens is 1. The van der Waals surface area contributed by atoms with Gasteiger partial charge in [0, 0.05) is 0 Å². The number of nitrogens with one attached hydrogen (secondary N) is 1. The Hall–Kier alpha value is -1.47. The fraction of sp³-hybridized carbons (Fsp3) is 0.600. The quantitative estimate of drug-likeness (QED) is 0.592. The highest BCUT2D eigenvalue weighted by atomic mass is 19.1. The van der Waals surface area contributed by atoms with E-state index < -0.39 is 21.7 Å². The maximum Gasteiger partial charge on any atom is 0.332 e. The Morgan fingerprint density at radius 1 is 1.35 bits per heavy atom. The average molecular weight is 243 g/mol. The molecule has 0 atom stereocenters. The fourth-order valence-corrected chi connectivity index (χ4v) is 2.10. The van der Waals surface area contributed by atoms with Crippen LogP contribution >= 0.6 is 0 Å². The molecule has 1 aliphatic rings. The molecule has 0 spiro atoms. The first-order valence-corrected chi connectivity index (χ1v) is 5.57. The van der Waals surface area contributed by atoms with Crippen LogP contribution in [-0.2, 0) is 6.67 Å². The van der Waals surface area contributed by atoms with Gasteiger partial charge in [0.05, 0.1) is 19.3 Å². The molecule has 1 aliphatic heterocycles. The van der Waals surface area contributed by atoms with Crippen LogP contribution in [0, 0.1) is 11.0 Å². The van der Waals surface area contributed by atoms with E-state index in [-0.39, 0.29) is 6.67 Å². The molecule has 1 N–H and O–H groups in total. The lowest BCUT2D eigenvalue weighted by Crippen LogP contribution is -2.49. The van der Waals surface area contributed by atoms with E-state index in [1.54, 1.807) is 0 Å². The number of aromatic nitrogens is 2. The number of quaternary nitrogens is 1. The van der Waals surface area contributed by atoms with Gasteiger partial charge in [0.2, 0.25) is 5.82 Å². The predicted molar refractivity (Wildman–Crippen MR) is 58.5 cm³/mol. The first-order valence-electron chi connectivity index (χ1n) is 5.57. The zero-order valence-electron chi connectivity index (χ0n) is 9.32. The molecule has 0 radical (unpaired) electrons. The lowest BCUT2D eigenvalue weighted by Gasteiger charge is -2.45. The Balaban J connectivity index is 2.26. The van der Waals surface area contributed by atoms with E-state index in [1.807, 2.05) is 4.98 Å². The summed E-state index contributed by atoms with van der Waals surface area (Å²) in [7, 11) is 0. The Morgan fingerprint density at radius 2 is 2.00 bits per heavy atom. The summed E-state index contributed by atoms with van der Waals surface area (Å²) in [6, 6.07) is 0. The maximum atomic E-state index is 13.0. The van der Waals surface area contributed by atoms with Gasteiger partial charge in [-0.25, -0.2) is 9.36 Å². The number of hydroxylamine groups is 3. The molecule has 94 valence electrons. The summed E-state index contributed by atoms with van der Waals surface area (Å²) in [5.41, 5.74) is -1.79. The molecular weight excluding hydrogens is 229 g/mol. The van der Waals surface area contributed by atoms with Crippen LogP contribution in [0.2, 0.25) is 0 Å². The maximum absolute atomic E-state index is 13.0. The van der Waals surface area contributed by atoms with Crippen molar-refractivity contribution in [2.24, 2.45) is 0 Å². The molecule has 2 heterocycles. The van der Waals surface area contributed by atoms with Gasteiger partial charge in [-0.15, -0.1) is 0 Å². The Labute approximate surface area is 96.5 Å². The minimum Gasteiger partial charge on any atom is -0.631 e. The number of hydrogen-bond acceptors (Lipinski definition) is 3. The normalized spacial score (nSPS) is 19.2. The van der Waals surface area contributed by atoms with E-state index in [1.165, 1.54) is 0 Å². The molecule has 1 aromatic heterocycles. The van der Waals surface area contributed by atoms with Crippen LogP contribution in [0.25, 0.3) is 0 Å². The molecule has 17 heavy (non-hydrogen) atoms.